The van der Waals surface area contributed by atoms with E-state index in [1.807, 2.05) is 34.8 Å². The summed E-state index contributed by atoms with van der Waals surface area (Å²) in [5.74, 6) is 0. The standard InChI is InChI=1S/C9H23O4Si/c1-6-10-14(11-7-2,12-8-3)13(5)9-4/h6-9H2,1-5H3/q+1. The van der Waals surface area contributed by atoms with Gasteiger partial charge in [0.1, 0.15) is 13.7 Å². The zero-order chi connectivity index (χ0) is 11.0. The molecule has 0 aromatic rings. The summed E-state index contributed by atoms with van der Waals surface area (Å²) in [6, 6.07) is 0. The molecule has 0 aliphatic carbocycles. The van der Waals surface area contributed by atoms with E-state index in [-0.39, 0.29) is 0 Å². The molecule has 0 saturated heterocycles. The van der Waals surface area contributed by atoms with E-state index in [1.165, 1.54) is 0 Å². The van der Waals surface area contributed by atoms with Gasteiger partial charge in [-0.25, -0.2) is 0 Å². The maximum absolute atomic E-state index is 5.65. The molecule has 0 unspecified atom stereocenters. The Labute approximate surface area is 88.3 Å². The fourth-order valence-corrected chi connectivity index (χ4v) is 3.40. The SMILES string of the molecule is CCO[Si](OCC)(OCC)[O+](C)CC. The van der Waals surface area contributed by atoms with Crippen LogP contribution in [0.2, 0.25) is 0 Å². The first-order valence-corrected chi connectivity index (χ1v) is 6.84. The highest BCUT2D eigenvalue weighted by Crippen LogP contribution is 2.17. The first-order chi connectivity index (χ1) is 6.66. The number of rotatable bonds is 8. The third kappa shape index (κ3) is 3.66. The molecular weight excluding hydrogens is 200 g/mol. The first kappa shape index (κ1) is 14.1. The summed E-state index contributed by atoms with van der Waals surface area (Å²) in [7, 11) is -0.753. The molecule has 0 aromatic carbocycles. The van der Waals surface area contributed by atoms with E-state index in [2.05, 4.69) is 4.06 Å². The molecule has 0 aliphatic rings. The Morgan fingerprint density at radius 1 is 0.857 bits per heavy atom. The van der Waals surface area contributed by atoms with Crippen molar-refractivity contribution in [1.82, 2.24) is 0 Å². The van der Waals surface area contributed by atoms with Crippen LogP contribution in [0.1, 0.15) is 27.7 Å². The van der Waals surface area contributed by atoms with Gasteiger partial charge in [0.15, 0.2) is 0 Å². The minimum Gasteiger partial charge on any atom is -0.455 e. The largest absolute Gasteiger partial charge is 0.911 e. The van der Waals surface area contributed by atoms with E-state index >= 15 is 0 Å². The molecule has 0 amide bonds. The molecule has 4 nitrogen and oxygen atoms in total. The summed E-state index contributed by atoms with van der Waals surface area (Å²) in [5, 5.41) is 0. The smallest absolute Gasteiger partial charge is 0.455 e. The van der Waals surface area contributed by atoms with Gasteiger partial charge >= 0.3 is 9.05 Å². The van der Waals surface area contributed by atoms with Gasteiger partial charge in [-0.2, -0.15) is 0 Å². The fraction of sp³-hybridized carbons (Fsp3) is 1.00. The lowest BCUT2D eigenvalue weighted by molar-refractivity contribution is -0.123. The van der Waals surface area contributed by atoms with Crippen molar-refractivity contribution < 1.29 is 17.3 Å². The van der Waals surface area contributed by atoms with Crippen molar-refractivity contribution in [2.24, 2.45) is 0 Å². The molecule has 5 heteroatoms. The van der Waals surface area contributed by atoms with Crippen molar-refractivity contribution in [1.29, 1.82) is 0 Å². The monoisotopic (exact) mass is 223 g/mol. The van der Waals surface area contributed by atoms with Gasteiger partial charge < -0.3 is 17.3 Å². The molecule has 0 saturated carbocycles. The average Bonchev–Trinajstić information content (AvgIpc) is 2.17. The molecule has 0 bridgehead atoms. The van der Waals surface area contributed by atoms with Crippen LogP contribution >= 0.6 is 0 Å². The number of hydrogen-bond acceptors (Lipinski definition) is 3. The van der Waals surface area contributed by atoms with Crippen LogP contribution in [0.4, 0.5) is 0 Å². The van der Waals surface area contributed by atoms with Crippen LogP contribution in [0.3, 0.4) is 0 Å². The van der Waals surface area contributed by atoms with Crippen molar-refractivity contribution in [3.63, 3.8) is 0 Å². The molecule has 0 rings (SSSR count). The topological polar surface area (TPSA) is 30.4 Å². The molecule has 0 atom stereocenters. The summed E-state index contributed by atoms with van der Waals surface area (Å²) in [6.07, 6.45) is 0. The zero-order valence-corrected chi connectivity index (χ0v) is 11.0. The van der Waals surface area contributed by atoms with Crippen LogP contribution in [-0.4, -0.2) is 42.6 Å². The fourth-order valence-electron chi connectivity index (χ4n) is 1.13. The van der Waals surface area contributed by atoms with Gasteiger partial charge in [0.2, 0.25) is 0 Å². The lowest BCUT2D eigenvalue weighted by atomic mass is 10.9. The second-order valence-corrected chi connectivity index (χ2v) is 5.29. The van der Waals surface area contributed by atoms with Gasteiger partial charge in [-0.3, -0.25) is 0 Å². The highest BCUT2D eigenvalue weighted by molar-refractivity contribution is 6.54. The van der Waals surface area contributed by atoms with Gasteiger partial charge in [-0.05, 0) is 20.8 Å². The highest BCUT2D eigenvalue weighted by atomic mass is 28.4. The molecule has 0 aliphatic heterocycles. The molecular formula is C9H23O4Si+. The Bertz CT molecular complexity index is 126. The van der Waals surface area contributed by atoms with Crippen LogP contribution in [0.5, 0.6) is 0 Å². The third-order valence-electron chi connectivity index (χ3n) is 1.82. The van der Waals surface area contributed by atoms with Crippen LogP contribution < -0.4 is 0 Å². The average molecular weight is 223 g/mol. The van der Waals surface area contributed by atoms with Crippen LogP contribution in [-0.2, 0) is 17.3 Å². The van der Waals surface area contributed by atoms with Gasteiger partial charge in [0.25, 0.3) is 0 Å². The molecule has 86 valence electrons. The van der Waals surface area contributed by atoms with Crippen molar-refractivity contribution in [2.75, 3.05) is 33.5 Å². The van der Waals surface area contributed by atoms with Crippen LogP contribution in [0.15, 0.2) is 0 Å². The van der Waals surface area contributed by atoms with Crippen LogP contribution in [0, 0.1) is 0 Å². The van der Waals surface area contributed by atoms with Gasteiger partial charge in [-0.15, -0.1) is 0 Å². The minimum atomic E-state index is -2.65. The first-order valence-electron chi connectivity index (χ1n) is 5.21. The predicted octanol–water partition coefficient (Wildman–Crippen LogP) is 1.73. The summed E-state index contributed by atoms with van der Waals surface area (Å²) < 4.78 is 19.8. The van der Waals surface area contributed by atoms with E-state index in [0.29, 0.717) is 19.8 Å². The molecule has 0 radical (unpaired) electrons. The Morgan fingerprint density at radius 3 is 1.43 bits per heavy atom. The second-order valence-electron chi connectivity index (χ2n) is 2.72. The highest BCUT2D eigenvalue weighted by Gasteiger charge is 2.60. The molecule has 0 fully saturated rings. The van der Waals surface area contributed by atoms with Gasteiger partial charge in [0, 0.05) is 26.7 Å². The Balaban J connectivity index is 4.53. The lowest BCUT2D eigenvalue weighted by Gasteiger charge is -2.28. The van der Waals surface area contributed by atoms with Crippen LogP contribution in [0.25, 0.3) is 0 Å². The van der Waals surface area contributed by atoms with Gasteiger partial charge in [-0.1, -0.05) is 0 Å². The molecule has 0 heterocycles. The minimum absolute atomic E-state index is 0.601. The summed E-state index contributed by atoms with van der Waals surface area (Å²) >= 11 is 0. The van der Waals surface area contributed by atoms with Crippen molar-refractivity contribution in [3.8, 4) is 0 Å². The summed E-state index contributed by atoms with van der Waals surface area (Å²) in [4.78, 5) is 0. The second kappa shape index (κ2) is 7.36. The van der Waals surface area contributed by atoms with E-state index in [0.717, 1.165) is 6.61 Å². The Morgan fingerprint density at radius 2 is 1.21 bits per heavy atom. The van der Waals surface area contributed by atoms with Crippen molar-refractivity contribution >= 4 is 9.05 Å². The molecule has 0 spiro atoms. The van der Waals surface area contributed by atoms with Crippen molar-refractivity contribution in [2.45, 2.75) is 27.7 Å². The Hall–Kier alpha value is 0.0569. The van der Waals surface area contributed by atoms with E-state index < -0.39 is 9.05 Å². The summed E-state index contributed by atoms with van der Waals surface area (Å²) in [5.41, 5.74) is 0. The lowest BCUT2D eigenvalue weighted by Crippen LogP contribution is -2.55. The predicted molar refractivity (Wildman–Crippen MR) is 58.2 cm³/mol. The third-order valence-corrected chi connectivity index (χ3v) is 4.89. The van der Waals surface area contributed by atoms with E-state index in [9.17, 15) is 0 Å². The summed E-state index contributed by atoms with van der Waals surface area (Å²) in [6.45, 7) is 10.5. The molecule has 0 aromatic heterocycles. The molecule has 14 heavy (non-hydrogen) atoms. The van der Waals surface area contributed by atoms with Crippen molar-refractivity contribution in [3.05, 3.63) is 0 Å². The Kier molecular flexibility index (Phi) is 7.39. The number of hydrogen-bond donors (Lipinski definition) is 0. The molecule has 0 N–H and O–H groups in total. The maximum Gasteiger partial charge on any atom is 0.911 e. The maximum atomic E-state index is 5.65. The van der Waals surface area contributed by atoms with E-state index in [1.54, 1.807) is 0 Å². The quantitative estimate of drug-likeness (QED) is 0.464. The normalized spacial score (nSPS) is 12.4. The zero-order valence-electron chi connectivity index (χ0n) is 9.96. The van der Waals surface area contributed by atoms with E-state index in [4.69, 9.17) is 13.3 Å². The van der Waals surface area contributed by atoms with Gasteiger partial charge in [0.05, 0.1) is 0 Å².